The number of alkyl halides is 2. The molecule has 36 heavy (non-hydrogen) atoms. The molecule has 0 spiro atoms. The first-order valence-corrected chi connectivity index (χ1v) is 11.7. The number of nitrogens with zero attached hydrogens (tertiary/aromatic N) is 4. The average molecular weight is 500 g/mol. The summed E-state index contributed by atoms with van der Waals surface area (Å²) >= 11 is 0. The first kappa shape index (κ1) is 25.4. The summed E-state index contributed by atoms with van der Waals surface area (Å²) in [6.45, 7) is 9.96. The Bertz CT molecular complexity index is 1380. The van der Waals surface area contributed by atoms with Gasteiger partial charge in [0.05, 0.1) is 22.5 Å². The minimum atomic E-state index is -2.96. The van der Waals surface area contributed by atoms with Crippen molar-refractivity contribution in [2.24, 2.45) is 0 Å². The molecule has 1 saturated heterocycles. The quantitative estimate of drug-likeness (QED) is 0.490. The summed E-state index contributed by atoms with van der Waals surface area (Å²) < 4.78 is 43.0. The molecule has 0 radical (unpaired) electrons. The second kappa shape index (κ2) is 9.75. The number of hydrogen-bond acceptors (Lipinski definition) is 5. The third kappa shape index (κ3) is 4.72. The van der Waals surface area contributed by atoms with Crippen molar-refractivity contribution in [3.8, 4) is 0 Å². The minimum Gasteiger partial charge on any atom is -0.359 e. The number of pyridine rings is 1. The van der Waals surface area contributed by atoms with Crippen LogP contribution in [0, 0.1) is 12.7 Å². The summed E-state index contributed by atoms with van der Waals surface area (Å²) in [6, 6.07) is 4.39. The number of piperidine rings is 1. The summed E-state index contributed by atoms with van der Waals surface area (Å²) in [5.74, 6) is -0.311. The topological polar surface area (TPSA) is 80.1 Å². The van der Waals surface area contributed by atoms with Crippen LogP contribution in [-0.4, -0.2) is 38.4 Å². The van der Waals surface area contributed by atoms with Crippen LogP contribution in [-0.2, 0) is 10.3 Å². The highest BCUT2D eigenvalue weighted by Crippen LogP contribution is 2.33. The van der Waals surface area contributed by atoms with Crippen LogP contribution in [0.3, 0.4) is 0 Å². The van der Waals surface area contributed by atoms with E-state index in [0.717, 1.165) is 6.07 Å². The smallest absolute Gasteiger partial charge is 0.266 e. The summed E-state index contributed by atoms with van der Waals surface area (Å²) in [7, 11) is 0. The molecule has 1 aromatic carbocycles. The van der Waals surface area contributed by atoms with Gasteiger partial charge < -0.3 is 14.8 Å². The van der Waals surface area contributed by atoms with E-state index in [0.29, 0.717) is 48.5 Å². The number of aryl methyl sites for hydroxylation is 1. The molecule has 4 rings (SSSR count). The molecule has 10 heteroatoms. The molecule has 2 aromatic heterocycles. The van der Waals surface area contributed by atoms with Crippen molar-refractivity contribution >= 4 is 22.6 Å². The number of anilines is 1. The van der Waals surface area contributed by atoms with Crippen molar-refractivity contribution in [2.45, 2.75) is 51.6 Å². The van der Waals surface area contributed by atoms with E-state index in [1.165, 1.54) is 31.2 Å². The van der Waals surface area contributed by atoms with Crippen LogP contribution in [0.5, 0.6) is 0 Å². The Morgan fingerprint density at radius 3 is 2.50 bits per heavy atom. The SMILES string of the molecule is C=CC(Nc1nc(C)nc2cc(=O)n(C3(C)CCN(C(C)=O)CC3)cc12)c1cccc(C(F)F)c1F. The van der Waals surface area contributed by atoms with E-state index in [4.69, 9.17) is 0 Å². The maximum absolute atomic E-state index is 14.9. The fourth-order valence-electron chi connectivity index (χ4n) is 4.68. The molecular weight excluding hydrogens is 471 g/mol. The lowest BCUT2D eigenvalue weighted by molar-refractivity contribution is -0.130. The van der Waals surface area contributed by atoms with E-state index < -0.39 is 29.4 Å². The molecule has 0 saturated carbocycles. The maximum atomic E-state index is 14.9. The van der Waals surface area contributed by atoms with Crippen molar-refractivity contribution in [1.29, 1.82) is 0 Å². The summed E-state index contributed by atoms with van der Waals surface area (Å²) in [4.78, 5) is 35.4. The van der Waals surface area contributed by atoms with Gasteiger partial charge in [-0.15, -0.1) is 6.58 Å². The largest absolute Gasteiger partial charge is 0.359 e. The predicted octanol–water partition coefficient (Wildman–Crippen LogP) is 4.87. The molecular formula is C26H28F3N5O2. The molecule has 1 atom stereocenters. The van der Waals surface area contributed by atoms with E-state index in [9.17, 15) is 22.8 Å². The van der Waals surface area contributed by atoms with Gasteiger partial charge in [0, 0.05) is 43.4 Å². The number of benzene rings is 1. The standard InChI is InChI=1S/C26H28F3N5O2/c1-5-20(17-7-6-8-18(23(17)27)24(28)29)32-25-19-14-34(22(36)13-21(19)30-15(2)31-25)26(4)9-11-33(12-10-26)16(3)35/h5-8,13-14,20,24H,1,9-12H2,2-4H3,(H,30,31,32). The second-order valence-corrected chi connectivity index (χ2v) is 9.31. The van der Waals surface area contributed by atoms with Gasteiger partial charge in [0.15, 0.2) is 0 Å². The summed E-state index contributed by atoms with van der Waals surface area (Å²) in [6.07, 6.45) is 1.31. The van der Waals surface area contributed by atoms with Crippen LogP contribution in [0.25, 0.3) is 10.9 Å². The highest BCUT2D eigenvalue weighted by Gasteiger charge is 2.33. The zero-order valence-corrected chi connectivity index (χ0v) is 20.4. The van der Waals surface area contributed by atoms with Gasteiger partial charge in [0.25, 0.3) is 12.0 Å². The van der Waals surface area contributed by atoms with Gasteiger partial charge in [-0.05, 0) is 26.7 Å². The van der Waals surface area contributed by atoms with Crippen LogP contribution >= 0.6 is 0 Å². The highest BCUT2D eigenvalue weighted by atomic mass is 19.3. The van der Waals surface area contributed by atoms with E-state index in [1.54, 1.807) is 22.6 Å². The lowest BCUT2D eigenvalue weighted by Gasteiger charge is -2.40. The van der Waals surface area contributed by atoms with E-state index in [2.05, 4.69) is 21.9 Å². The zero-order valence-electron chi connectivity index (χ0n) is 20.4. The number of likely N-dealkylation sites (tertiary alicyclic amines) is 1. The van der Waals surface area contributed by atoms with Crippen LogP contribution in [0.15, 0.2) is 47.9 Å². The van der Waals surface area contributed by atoms with Crippen molar-refractivity contribution in [3.63, 3.8) is 0 Å². The Morgan fingerprint density at radius 1 is 1.22 bits per heavy atom. The fraction of sp³-hybridized carbons (Fsp3) is 0.385. The first-order valence-electron chi connectivity index (χ1n) is 11.7. The van der Waals surface area contributed by atoms with Crippen LogP contribution in [0.4, 0.5) is 19.0 Å². The number of rotatable bonds is 6. The zero-order chi connectivity index (χ0) is 26.2. The Kier molecular flexibility index (Phi) is 6.88. The molecule has 1 amide bonds. The molecule has 3 heterocycles. The molecule has 0 bridgehead atoms. The van der Waals surface area contributed by atoms with Gasteiger partial charge in [-0.25, -0.2) is 23.1 Å². The molecule has 1 aliphatic rings. The van der Waals surface area contributed by atoms with Crippen molar-refractivity contribution < 1.29 is 18.0 Å². The average Bonchev–Trinajstić information content (AvgIpc) is 2.82. The third-order valence-electron chi connectivity index (χ3n) is 6.87. The van der Waals surface area contributed by atoms with Gasteiger partial charge >= 0.3 is 0 Å². The molecule has 7 nitrogen and oxygen atoms in total. The lowest BCUT2D eigenvalue weighted by atomic mass is 9.89. The number of hydrogen-bond donors (Lipinski definition) is 1. The third-order valence-corrected chi connectivity index (χ3v) is 6.87. The van der Waals surface area contributed by atoms with Gasteiger partial charge in [-0.2, -0.15) is 0 Å². The van der Waals surface area contributed by atoms with Crippen molar-refractivity contribution in [2.75, 3.05) is 18.4 Å². The minimum absolute atomic E-state index is 0.00289. The normalized spacial score (nSPS) is 16.2. The summed E-state index contributed by atoms with van der Waals surface area (Å²) in [5.41, 5.74) is -1.05. The van der Waals surface area contributed by atoms with Gasteiger partial charge in [0.1, 0.15) is 17.5 Å². The lowest BCUT2D eigenvalue weighted by Crippen LogP contribution is -2.48. The van der Waals surface area contributed by atoms with E-state index in [-0.39, 0.29) is 17.0 Å². The highest BCUT2D eigenvalue weighted by molar-refractivity contribution is 5.88. The van der Waals surface area contributed by atoms with Gasteiger partial charge in [-0.1, -0.05) is 24.3 Å². The maximum Gasteiger partial charge on any atom is 0.266 e. The molecule has 1 fully saturated rings. The molecule has 190 valence electrons. The number of halogens is 3. The number of carbonyl (C=O) groups is 1. The molecule has 3 aromatic rings. The van der Waals surface area contributed by atoms with Gasteiger partial charge in [-0.3, -0.25) is 9.59 Å². The molecule has 0 aliphatic carbocycles. The Morgan fingerprint density at radius 2 is 1.89 bits per heavy atom. The van der Waals surface area contributed by atoms with E-state index in [1.807, 2.05) is 6.92 Å². The molecule has 1 unspecified atom stereocenters. The van der Waals surface area contributed by atoms with Gasteiger partial charge in [0.2, 0.25) is 5.91 Å². The van der Waals surface area contributed by atoms with E-state index >= 15 is 0 Å². The Hall–Kier alpha value is -3.69. The fourth-order valence-corrected chi connectivity index (χ4v) is 4.68. The number of nitrogens with one attached hydrogen (secondary N) is 1. The summed E-state index contributed by atoms with van der Waals surface area (Å²) in [5, 5.41) is 3.62. The van der Waals surface area contributed by atoms with Crippen molar-refractivity contribution in [3.05, 3.63) is 76.2 Å². The Labute approximate surface area is 206 Å². The van der Waals surface area contributed by atoms with Crippen LogP contribution < -0.4 is 10.9 Å². The number of amides is 1. The molecule has 1 N–H and O–H groups in total. The number of aromatic nitrogens is 3. The second-order valence-electron chi connectivity index (χ2n) is 9.31. The molecule has 1 aliphatic heterocycles. The number of carbonyl (C=O) groups excluding carboxylic acids is 1. The Balaban J connectivity index is 1.77. The number of fused-ring (bicyclic) bond motifs is 1. The van der Waals surface area contributed by atoms with Crippen LogP contribution in [0.1, 0.15) is 56.1 Å². The van der Waals surface area contributed by atoms with Crippen LogP contribution in [0.2, 0.25) is 0 Å². The predicted molar refractivity (Wildman–Crippen MR) is 132 cm³/mol. The first-order chi connectivity index (χ1) is 17.0. The monoisotopic (exact) mass is 499 g/mol. The van der Waals surface area contributed by atoms with Crippen molar-refractivity contribution in [1.82, 2.24) is 19.4 Å².